The van der Waals surface area contributed by atoms with Crippen LogP contribution in [0.15, 0.2) is 59.5 Å². The maximum Gasteiger partial charge on any atom is 0.333 e. The van der Waals surface area contributed by atoms with Crippen LogP contribution in [0.1, 0.15) is 6.92 Å². The topological polar surface area (TPSA) is 84.5 Å². The van der Waals surface area contributed by atoms with Gasteiger partial charge in [0.15, 0.2) is 0 Å². The summed E-state index contributed by atoms with van der Waals surface area (Å²) in [7, 11) is -3.93. The number of anilines is 1. The summed E-state index contributed by atoms with van der Waals surface area (Å²) < 4.78 is 31.4. The lowest BCUT2D eigenvalue weighted by Crippen LogP contribution is -2.34. The zero-order valence-corrected chi connectivity index (χ0v) is 12.8. The Balaban J connectivity index is 2.05. The summed E-state index contributed by atoms with van der Waals surface area (Å²) in [5.41, 5.74) is 0.502. The fraction of sp³-hybridized carbons (Fsp3) is 0.133. The van der Waals surface area contributed by atoms with Gasteiger partial charge in [-0.05, 0) is 43.3 Å². The highest BCUT2D eigenvalue weighted by Crippen LogP contribution is 2.16. The Morgan fingerprint density at radius 2 is 1.68 bits per heavy atom. The van der Waals surface area contributed by atoms with E-state index in [9.17, 15) is 13.2 Å². The first-order valence-electron chi connectivity index (χ1n) is 6.63. The number of para-hydroxylation sites is 1. The van der Waals surface area contributed by atoms with E-state index in [1.54, 1.807) is 30.3 Å². The van der Waals surface area contributed by atoms with Crippen LogP contribution in [0.25, 0.3) is 0 Å². The molecule has 0 aliphatic rings. The van der Waals surface area contributed by atoms with Crippen molar-refractivity contribution in [2.24, 2.45) is 0 Å². The second-order valence-corrected chi connectivity index (χ2v) is 6.01. The van der Waals surface area contributed by atoms with E-state index in [0.717, 1.165) is 0 Å². The highest BCUT2D eigenvalue weighted by molar-refractivity contribution is 7.90. The van der Waals surface area contributed by atoms with Crippen LogP contribution in [0.3, 0.4) is 0 Å². The van der Waals surface area contributed by atoms with Crippen molar-refractivity contribution >= 4 is 21.7 Å². The van der Waals surface area contributed by atoms with E-state index in [2.05, 4.69) is 5.32 Å². The summed E-state index contributed by atoms with van der Waals surface area (Å²) in [5.74, 6) is 0.565. The first-order chi connectivity index (χ1) is 10.5. The summed E-state index contributed by atoms with van der Waals surface area (Å²) >= 11 is 0. The molecule has 0 aromatic heterocycles. The SMILES string of the molecule is CCOc1ccc(S(=O)(=O)NC(=O)Nc2ccccc2)cc1. The second-order valence-electron chi connectivity index (χ2n) is 4.33. The molecule has 116 valence electrons. The molecule has 2 rings (SSSR count). The molecule has 2 aromatic carbocycles. The lowest BCUT2D eigenvalue weighted by atomic mass is 10.3. The average molecular weight is 320 g/mol. The lowest BCUT2D eigenvalue weighted by molar-refractivity contribution is 0.256. The molecule has 0 heterocycles. The Morgan fingerprint density at radius 1 is 1.05 bits per heavy atom. The van der Waals surface area contributed by atoms with E-state index in [-0.39, 0.29) is 4.90 Å². The van der Waals surface area contributed by atoms with Crippen molar-refractivity contribution in [3.8, 4) is 5.75 Å². The van der Waals surface area contributed by atoms with Gasteiger partial charge in [-0.3, -0.25) is 0 Å². The van der Waals surface area contributed by atoms with Crippen molar-refractivity contribution in [1.29, 1.82) is 0 Å². The molecular formula is C15H16N2O4S. The summed E-state index contributed by atoms with van der Waals surface area (Å²) in [5, 5.41) is 2.45. The van der Waals surface area contributed by atoms with E-state index >= 15 is 0 Å². The predicted molar refractivity (Wildman–Crippen MR) is 83.4 cm³/mol. The number of hydrogen-bond acceptors (Lipinski definition) is 4. The van der Waals surface area contributed by atoms with Crippen molar-refractivity contribution in [2.75, 3.05) is 11.9 Å². The van der Waals surface area contributed by atoms with Gasteiger partial charge in [-0.1, -0.05) is 18.2 Å². The molecule has 6 nitrogen and oxygen atoms in total. The molecule has 0 atom stereocenters. The smallest absolute Gasteiger partial charge is 0.333 e. The van der Waals surface area contributed by atoms with Crippen LogP contribution in [-0.2, 0) is 10.0 Å². The third kappa shape index (κ3) is 4.23. The van der Waals surface area contributed by atoms with Crippen LogP contribution in [-0.4, -0.2) is 21.1 Å². The van der Waals surface area contributed by atoms with Crippen molar-refractivity contribution in [1.82, 2.24) is 4.72 Å². The minimum Gasteiger partial charge on any atom is -0.494 e. The van der Waals surface area contributed by atoms with Crippen molar-refractivity contribution < 1.29 is 17.9 Å². The zero-order valence-electron chi connectivity index (χ0n) is 11.9. The number of ether oxygens (including phenoxy) is 1. The zero-order chi connectivity index (χ0) is 16.0. The van der Waals surface area contributed by atoms with E-state index < -0.39 is 16.1 Å². The first kappa shape index (κ1) is 15.8. The Kier molecular flexibility index (Phi) is 5.00. The quantitative estimate of drug-likeness (QED) is 0.887. The maximum absolute atomic E-state index is 12.1. The normalized spacial score (nSPS) is 10.8. The Hall–Kier alpha value is -2.54. The van der Waals surface area contributed by atoms with E-state index in [4.69, 9.17) is 4.74 Å². The summed E-state index contributed by atoms with van der Waals surface area (Å²) in [4.78, 5) is 11.7. The van der Waals surface area contributed by atoms with Crippen LogP contribution >= 0.6 is 0 Å². The number of carbonyl (C=O) groups is 1. The van der Waals surface area contributed by atoms with E-state index in [0.29, 0.717) is 18.0 Å². The molecule has 0 saturated carbocycles. The number of amides is 2. The van der Waals surface area contributed by atoms with Gasteiger partial charge in [-0.25, -0.2) is 17.9 Å². The van der Waals surface area contributed by atoms with Gasteiger partial charge in [0, 0.05) is 5.69 Å². The number of urea groups is 1. The van der Waals surface area contributed by atoms with Crippen LogP contribution in [0.5, 0.6) is 5.75 Å². The number of nitrogens with one attached hydrogen (secondary N) is 2. The number of rotatable bonds is 5. The summed E-state index contributed by atoms with van der Waals surface area (Å²) in [6.07, 6.45) is 0. The molecule has 0 unspecified atom stereocenters. The van der Waals surface area contributed by atoms with Crippen LogP contribution in [0.4, 0.5) is 10.5 Å². The van der Waals surface area contributed by atoms with Gasteiger partial charge < -0.3 is 10.1 Å². The molecule has 0 spiro atoms. The van der Waals surface area contributed by atoms with Crippen LogP contribution < -0.4 is 14.8 Å². The first-order valence-corrected chi connectivity index (χ1v) is 8.11. The number of hydrogen-bond donors (Lipinski definition) is 2. The molecule has 0 radical (unpaired) electrons. The average Bonchev–Trinajstić information content (AvgIpc) is 2.48. The molecule has 22 heavy (non-hydrogen) atoms. The monoisotopic (exact) mass is 320 g/mol. The van der Waals surface area contributed by atoms with Gasteiger partial charge in [0.1, 0.15) is 5.75 Å². The summed E-state index contributed by atoms with van der Waals surface area (Å²) in [6.45, 7) is 2.32. The molecule has 0 fully saturated rings. The molecule has 0 aliphatic carbocycles. The second kappa shape index (κ2) is 6.95. The standard InChI is InChI=1S/C15H16N2O4S/c1-2-21-13-8-10-14(11-9-13)22(19,20)17-15(18)16-12-6-4-3-5-7-12/h3-11H,2H2,1H3,(H2,16,17,18). The Labute approximate surface area is 129 Å². The van der Waals surface area contributed by atoms with Crippen LogP contribution in [0.2, 0.25) is 0 Å². The number of carbonyl (C=O) groups excluding carboxylic acids is 1. The molecule has 2 aromatic rings. The third-order valence-electron chi connectivity index (χ3n) is 2.70. The fourth-order valence-electron chi connectivity index (χ4n) is 1.74. The highest BCUT2D eigenvalue weighted by Gasteiger charge is 2.17. The van der Waals surface area contributed by atoms with E-state index in [1.807, 2.05) is 11.6 Å². The van der Waals surface area contributed by atoms with Crippen molar-refractivity contribution in [2.45, 2.75) is 11.8 Å². The van der Waals surface area contributed by atoms with Crippen molar-refractivity contribution in [3.05, 3.63) is 54.6 Å². The molecule has 0 aliphatic heterocycles. The molecule has 0 bridgehead atoms. The Bertz CT molecular complexity index is 728. The van der Waals surface area contributed by atoms with Gasteiger partial charge >= 0.3 is 6.03 Å². The lowest BCUT2D eigenvalue weighted by Gasteiger charge is -2.09. The molecule has 2 amide bonds. The predicted octanol–water partition coefficient (Wildman–Crippen LogP) is 2.60. The largest absolute Gasteiger partial charge is 0.494 e. The molecule has 7 heteroatoms. The van der Waals surface area contributed by atoms with Gasteiger partial charge in [0.2, 0.25) is 0 Å². The molecule has 0 saturated heterocycles. The van der Waals surface area contributed by atoms with E-state index in [1.165, 1.54) is 24.3 Å². The van der Waals surface area contributed by atoms with Crippen LogP contribution in [0, 0.1) is 0 Å². The highest BCUT2D eigenvalue weighted by atomic mass is 32.2. The minimum absolute atomic E-state index is 0.0147. The molecular weight excluding hydrogens is 304 g/mol. The van der Waals surface area contributed by atoms with Crippen molar-refractivity contribution in [3.63, 3.8) is 0 Å². The van der Waals surface area contributed by atoms with Gasteiger partial charge in [-0.15, -0.1) is 0 Å². The number of benzene rings is 2. The third-order valence-corrected chi connectivity index (χ3v) is 4.05. The molecule has 2 N–H and O–H groups in total. The fourth-order valence-corrected chi connectivity index (χ4v) is 2.65. The maximum atomic E-state index is 12.1. The Morgan fingerprint density at radius 3 is 2.27 bits per heavy atom. The number of sulfonamides is 1. The minimum atomic E-state index is -3.93. The van der Waals surface area contributed by atoms with Gasteiger partial charge in [-0.2, -0.15) is 0 Å². The van der Waals surface area contributed by atoms with Gasteiger partial charge in [0.05, 0.1) is 11.5 Å². The summed E-state index contributed by atoms with van der Waals surface area (Å²) in [6, 6.07) is 13.6. The van der Waals surface area contributed by atoms with Gasteiger partial charge in [0.25, 0.3) is 10.0 Å².